The van der Waals surface area contributed by atoms with Crippen molar-refractivity contribution in [2.75, 3.05) is 16.8 Å². The van der Waals surface area contributed by atoms with Crippen molar-refractivity contribution in [1.29, 1.82) is 0 Å². The first-order chi connectivity index (χ1) is 18.3. The van der Waals surface area contributed by atoms with Crippen molar-refractivity contribution in [2.45, 2.75) is 51.3 Å². The Kier molecular flexibility index (Phi) is 8.69. The van der Waals surface area contributed by atoms with E-state index in [2.05, 4.69) is 19.2 Å². The second-order valence-corrected chi connectivity index (χ2v) is 10.6. The number of rotatable bonds is 10. The van der Waals surface area contributed by atoms with Gasteiger partial charge in [0.1, 0.15) is 10.6 Å². The minimum Gasteiger partial charge on any atom is -0.462 e. The highest BCUT2D eigenvalue weighted by molar-refractivity contribution is 8.04. The molecular formula is C31H32N2O4S. The van der Waals surface area contributed by atoms with Crippen molar-refractivity contribution in [3.63, 3.8) is 0 Å². The maximum Gasteiger partial charge on any atom is 0.338 e. The fraction of sp³-hybridized carbons (Fsp3) is 0.258. The van der Waals surface area contributed by atoms with Gasteiger partial charge in [-0.1, -0.05) is 68.8 Å². The van der Waals surface area contributed by atoms with Crippen molar-refractivity contribution in [2.24, 2.45) is 0 Å². The molecule has 7 heteroatoms. The van der Waals surface area contributed by atoms with Gasteiger partial charge in [-0.05, 0) is 73.4 Å². The van der Waals surface area contributed by atoms with E-state index in [0.29, 0.717) is 28.7 Å². The fourth-order valence-electron chi connectivity index (χ4n) is 3.91. The lowest BCUT2D eigenvalue weighted by molar-refractivity contribution is -0.120. The number of esters is 1. The number of hydrogen-bond acceptors (Lipinski definition) is 6. The molecule has 3 aromatic rings. The summed E-state index contributed by atoms with van der Waals surface area (Å²) in [6.07, 6.45) is 1.73. The van der Waals surface area contributed by atoms with Crippen molar-refractivity contribution < 1.29 is 19.1 Å². The van der Waals surface area contributed by atoms with Gasteiger partial charge in [-0.2, -0.15) is 0 Å². The van der Waals surface area contributed by atoms with E-state index in [1.165, 1.54) is 17.3 Å². The number of carbonyl (C=O) groups is 3. The number of anilines is 2. The molecule has 0 radical (unpaired) electrons. The van der Waals surface area contributed by atoms with E-state index in [4.69, 9.17) is 4.74 Å². The number of carbonyl (C=O) groups excluding carboxylic acids is 3. The molecule has 6 nitrogen and oxygen atoms in total. The molecule has 0 bridgehead atoms. The molecule has 4 rings (SSSR count). The Labute approximate surface area is 228 Å². The molecule has 196 valence electrons. The summed E-state index contributed by atoms with van der Waals surface area (Å²) in [5.74, 6) is -0.908. The Morgan fingerprint density at radius 3 is 2.18 bits per heavy atom. The third kappa shape index (κ3) is 6.17. The topological polar surface area (TPSA) is 75.7 Å². The van der Waals surface area contributed by atoms with E-state index in [1.807, 2.05) is 62.4 Å². The Morgan fingerprint density at radius 2 is 1.58 bits per heavy atom. The molecule has 1 aliphatic heterocycles. The lowest BCUT2D eigenvalue weighted by Gasteiger charge is -2.16. The summed E-state index contributed by atoms with van der Waals surface area (Å²) in [6, 6.07) is 22.0. The smallest absolute Gasteiger partial charge is 0.338 e. The molecule has 0 saturated carbocycles. The lowest BCUT2D eigenvalue weighted by Crippen LogP contribution is -2.32. The molecule has 3 aromatic carbocycles. The highest BCUT2D eigenvalue weighted by atomic mass is 32.2. The molecule has 1 heterocycles. The van der Waals surface area contributed by atoms with Crippen molar-refractivity contribution in [3.8, 4) is 0 Å². The summed E-state index contributed by atoms with van der Waals surface area (Å²) in [6.45, 7) is 8.62. The van der Waals surface area contributed by atoms with Gasteiger partial charge in [0.2, 0.25) is 0 Å². The molecule has 0 spiro atoms. The van der Waals surface area contributed by atoms with E-state index < -0.39 is 17.8 Å². The average Bonchev–Trinajstić information content (AvgIpc) is 3.14. The first-order valence-electron chi connectivity index (χ1n) is 12.8. The molecule has 0 atom stereocenters. The van der Waals surface area contributed by atoms with Gasteiger partial charge in [0.05, 0.1) is 17.9 Å². The van der Waals surface area contributed by atoms with Gasteiger partial charge in [0.15, 0.2) is 0 Å². The van der Waals surface area contributed by atoms with Crippen molar-refractivity contribution >= 4 is 40.9 Å². The van der Waals surface area contributed by atoms with Crippen LogP contribution in [0.5, 0.6) is 0 Å². The van der Waals surface area contributed by atoms with Gasteiger partial charge in [0.25, 0.3) is 11.8 Å². The first-order valence-corrected chi connectivity index (χ1v) is 13.6. The molecule has 2 amide bonds. The number of aryl methyl sites for hydroxylation is 1. The number of nitrogens with one attached hydrogen (secondary N) is 1. The van der Waals surface area contributed by atoms with Gasteiger partial charge in [-0.25, -0.2) is 9.69 Å². The standard InChI is InChI=1S/C31H32N2O4S/c1-5-6-19-37-31(36)23-11-15-25(16-12-23)33-29(34)27(32-24-13-9-22(10-14-24)20(2)3)28(30(33)35)38-26-17-7-21(4)8-18-26/h7-18,20,32H,5-6,19H2,1-4H3. The number of unbranched alkanes of at least 4 members (excludes halogenated alkanes) is 1. The molecule has 0 unspecified atom stereocenters. The molecule has 0 fully saturated rings. The largest absolute Gasteiger partial charge is 0.462 e. The Morgan fingerprint density at radius 1 is 0.921 bits per heavy atom. The summed E-state index contributed by atoms with van der Waals surface area (Å²) in [4.78, 5) is 41.8. The minimum atomic E-state index is -0.448. The number of ether oxygens (including phenoxy) is 1. The number of nitrogens with zero attached hydrogens (tertiary/aromatic N) is 1. The average molecular weight is 529 g/mol. The maximum atomic E-state index is 13.6. The first kappa shape index (κ1) is 27.2. The SMILES string of the molecule is CCCCOC(=O)c1ccc(N2C(=O)C(Nc3ccc(C(C)C)cc3)=C(Sc3ccc(C)cc3)C2=O)cc1. The normalized spacial score (nSPS) is 13.4. The van der Waals surface area contributed by atoms with E-state index in [1.54, 1.807) is 24.3 Å². The number of amides is 2. The summed E-state index contributed by atoms with van der Waals surface area (Å²) in [5.41, 5.74) is 3.99. The lowest BCUT2D eigenvalue weighted by atomic mass is 10.0. The van der Waals surface area contributed by atoms with E-state index >= 15 is 0 Å². The Bertz CT molecular complexity index is 1340. The number of hydrogen-bond donors (Lipinski definition) is 1. The molecule has 0 aromatic heterocycles. The monoisotopic (exact) mass is 528 g/mol. The van der Waals surface area contributed by atoms with Crippen LogP contribution in [0, 0.1) is 6.92 Å². The second-order valence-electron chi connectivity index (χ2n) is 9.50. The third-order valence-electron chi connectivity index (χ3n) is 6.22. The zero-order valence-corrected chi connectivity index (χ0v) is 22.9. The quantitative estimate of drug-likeness (QED) is 0.172. The van der Waals surface area contributed by atoms with Gasteiger partial charge < -0.3 is 10.1 Å². The van der Waals surface area contributed by atoms with Crippen LogP contribution in [0.2, 0.25) is 0 Å². The number of thioether (sulfide) groups is 1. The van der Waals surface area contributed by atoms with E-state index in [-0.39, 0.29) is 5.70 Å². The summed E-state index contributed by atoms with van der Waals surface area (Å²) >= 11 is 1.26. The molecule has 38 heavy (non-hydrogen) atoms. The predicted molar refractivity (Wildman–Crippen MR) is 152 cm³/mol. The van der Waals surface area contributed by atoms with Crippen LogP contribution in [0.1, 0.15) is 61.0 Å². The Balaban J connectivity index is 1.62. The van der Waals surface area contributed by atoms with Crippen LogP contribution in [-0.4, -0.2) is 24.4 Å². The summed E-state index contributed by atoms with van der Waals surface area (Å²) in [7, 11) is 0. The van der Waals surface area contributed by atoms with Crippen LogP contribution in [-0.2, 0) is 14.3 Å². The van der Waals surface area contributed by atoms with Gasteiger partial charge in [-0.15, -0.1) is 0 Å². The van der Waals surface area contributed by atoms with Gasteiger partial charge >= 0.3 is 5.97 Å². The van der Waals surface area contributed by atoms with Crippen LogP contribution in [0.15, 0.2) is 88.3 Å². The minimum absolute atomic E-state index is 0.223. The van der Waals surface area contributed by atoms with Gasteiger partial charge in [0, 0.05) is 10.6 Å². The van der Waals surface area contributed by atoms with Crippen LogP contribution in [0.4, 0.5) is 11.4 Å². The maximum absolute atomic E-state index is 13.6. The zero-order valence-electron chi connectivity index (χ0n) is 22.1. The van der Waals surface area contributed by atoms with Crippen LogP contribution < -0.4 is 10.2 Å². The molecule has 0 saturated heterocycles. The van der Waals surface area contributed by atoms with E-state index in [9.17, 15) is 14.4 Å². The molecule has 1 aliphatic rings. The molecular weight excluding hydrogens is 496 g/mol. The fourth-order valence-corrected chi connectivity index (χ4v) is 4.83. The Hall–Kier alpha value is -3.84. The van der Waals surface area contributed by atoms with Crippen LogP contribution >= 0.6 is 11.8 Å². The van der Waals surface area contributed by atoms with Gasteiger partial charge in [-0.3, -0.25) is 9.59 Å². The van der Waals surface area contributed by atoms with Crippen molar-refractivity contribution in [1.82, 2.24) is 0 Å². The third-order valence-corrected chi connectivity index (χ3v) is 7.31. The zero-order chi connectivity index (χ0) is 27.2. The number of imide groups is 1. The van der Waals surface area contributed by atoms with E-state index in [0.717, 1.165) is 33.9 Å². The van der Waals surface area contributed by atoms with Crippen molar-refractivity contribution in [3.05, 3.63) is 100 Å². The molecule has 0 aliphatic carbocycles. The van der Waals surface area contributed by atoms with Crippen LogP contribution in [0.3, 0.4) is 0 Å². The number of benzene rings is 3. The highest BCUT2D eigenvalue weighted by Crippen LogP contribution is 2.38. The van der Waals surface area contributed by atoms with Crippen LogP contribution in [0.25, 0.3) is 0 Å². The predicted octanol–water partition coefficient (Wildman–Crippen LogP) is 7.06. The highest BCUT2D eigenvalue weighted by Gasteiger charge is 2.40. The molecule has 1 N–H and O–H groups in total. The summed E-state index contributed by atoms with van der Waals surface area (Å²) in [5, 5.41) is 3.20. The summed E-state index contributed by atoms with van der Waals surface area (Å²) < 4.78 is 5.27. The second kappa shape index (κ2) is 12.1.